The number of imidazole rings is 1. The molecule has 2 saturated heterocycles. The third-order valence-corrected chi connectivity index (χ3v) is 6.79. The molecule has 3 aliphatic rings. The van der Waals surface area contributed by atoms with E-state index < -0.39 is 0 Å². The molecule has 178 valence electrons. The molecule has 2 fully saturated rings. The van der Waals surface area contributed by atoms with Gasteiger partial charge in [-0.15, -0.1) is 0 Å². The van der Waals surface area contributed by atoms with E-state index in [1.807, 2.05) is 37.6 Å². The van der Waals surface area contributed by atoms with Crippen LogP contribution in [0.4, 0.5) is 0 Å². The summed E-state index contributed by atoms with van der Waals surface area (Å²) in [6.07, 6.45) is 4.71. The van der Waals surface area contributed by atoms with Crippen LogP contribution >= 0.6 is 0 Å². The molecule has 1 amide bonds. The van der Waals surface area contributed by atoms with Crippen LogP contribution in [0.2, 0.25) is 0 Å². The lowest BCUT2D eigenvalue weighted by Crippen LogP contribution is -2.50. The van der Waals surface area contributed by atoms with Gasteiger partial charge in [0.1, 0.15) is 5.82 Å². The van der Waals surface area contributed by atoms with Gasteiger partial charge in [0.25, 0.3) is 0 Å². The van der Waals surface area contributed by atoms with Crippen molar-refractivity contribution in [3.63, 3.8) is 0 Å². The lowest BCUT2D eigenvalue weighted by atomic mass is 9.87. The number of aryl methyl sites for hydroxylation is 1. The van der Waals surface area contributed by atoms with Crippen molar-refractivity contribution < 1.29 is 19.0 Å². The fourth-order valence-corrected chi connectivity index (χ4v) is 5.04. The Labute approximate surface area is 194 Å². The molecule has 2 aromatic rings. The van der Waals surface area contributed by atoms with Crippen molar-refractivity contribution in [1.82, 2.24) is 24.7 Å². The molecule has 0 radical (unpaired) electrons. The van der Waals surface area contributed by atoms with Gasteiger partial charge in [-0.3, -0.25) is 14.6 Å². The van der Waals surface area contributed by atoms with Gasteiger partial charge in [-0.2, -0.15) is 0 Å². The summed E-state index contributed by atoms with van der Waals surface area (Å²) in [5, 5.41) is 3.16. The molecule has 1 aromatic carbocycles. The number of nitrogens with zero attached hydrogens (tertiary/aromatic N) is 4. The van der Waals surface area contributed by atoms with Crippen LogP contribution in [0.5, 0.6) is 11.5 Å². The van der Waals surface area contributed by atoms with Crippen LogP contribution in [0.1, 0.15) is 17.8 Å². The molecule has 5 rings (SSSR count). The van der Waals surface area contributed by atoms with E-state index in [1.165, 1.54) is 0 Å². The molecule has 4 heterocycles. The molecule has 1 N–H and O–H groups in total. The summed E-state index contributed by atoms with van der Waals surface area (Å²) in [5.74, 6) is 3.04. The Bertz CT molecular complexity index is 958. The predicted octanol–water partition coefficient (Wildman–Crippen LogP) is 1.24. The van der Waals surface area contributed by atoms with Crippen molar-refractivity contribution in [1.29, 1.82) is 0 Å². The van der Waals surface area contributed by atoms with E-state index in [0.29, 0.717) is 12.5 Å². The number of piperidine rings is 1. The third kappa shape index (κ3) is 5.48. The average Bonchev–Trinajstić information content (AvgIpc) is 3.46. The number of carbonyl (C=O) groups excluding carboxylic acids is 1. The molecule has 9 nitrogen and oxygen atoms in total. The largest absolute Gasteiger partial charge is 0.454 e. The Balaban J connectivity index is 1.22. The zero-order chi connectivity index (χ0) is 22.6. The van der Waals surface area contributed by atoms with Gasteiger partial charge in [0.15, 0.2) is 11.5 Å². The third-order valence-electron chi connectivity index (χ3n) is 6.79. The molecule has 33 heavy (non-hydrogen) atoms. The maximum Gasteiger partial charge on any atom is 0.231 e. The van der Waals surface area contributed by atoms with Crippen LogP contribution in [-0.2, 0) is 29.7 Å². The number of amides is 1. The van der Waals surface area contributed by atoms with Crippen molar-refractivity contribution >= 4 is 5.91 Å². The highest BCUT2D eigenvalue weighted by atomic mass is 16.7. The highest BCUT2D eigenvalue weighted by Gasteiger charge is 2.33. The lowest BCUT2D eigenvalue weighted by molar-refractivity contribution is -0.128. The molecule has 0 saturated carbocycles. The smallest absolute Gasteiger partial charge is 0.231 e. The molecule has 3 aliphatic heterocycles. The second kappa shape index (κ2) is 10.1. The van der Waals surface area contributed by atoms with Crippen molar-refractivity contribution in [2.24, 2.45) is 18.9 Å². The fraction of sp³-hybridized carbons (Fsp3) is 0.583. The van der Waals surface area contributed by atoms with Crippen molar-refractivity contribution in [2.45, 2.75) is 19.5 Å². The number of likely N-dealkylation sites (tertiary alicyclic amines) is 1. The minimum Gasteiger partial charge on any atom is -0.454 e. The maximum atomic E-state index is 13.2. The first kappa shape index (κ1) is 22.2. The first-order chi connectivity index (χ1) is 16.1. The van der Waals surface area contributed by atoms with E-state index >= 15 is 0 Å². The zero-order valence-electron chi connectivity index (χ0n) is 19.2. The molecular formula is C24H33N5O4. The first-order valence-electron chi connectivity index (χ1n) is 11.8. The Hall–Kier alpha value is -2.62. The Morgan fingerprint density at radius 2 is 2.00 bits per heavy atom. The van der Waals surface area contributed by atoms with Crippen molar-refractivity contribution in [3.05, 3.63) is 42.0 Å². The minimum atomic E-state index is -0.0425. The van der Waals surface area contributed by atoms with Crippen LogP contribution in [-0.4, -0.2) is 78.0 Å². The van der Waals surface area contributed by atoms with Gasteiger partial charge in [0.05, 0.1) is 25.7 Å². The molecule has 9 heteroatoms. The van der Waals surface area contributed by atoms with E-state index in [9.17, 15) is 4.79 Å². The quantitative estimate of drug-likeness (QED) is 0.673. The minimum absolute atomic E-state index is 0.0425. The number of aromatic nitrogens is 2. The van der Waals surface area contributed by atoms with E-state index in [0.717, 1.165) is 81.8 Å². The van der Waals surface area contributed by atoms with Crippen molar-refractivity contribution in [3.8, 4) is 11.5 Å². The standard InChI is InChI=1S/C24H33N5O4/c1-27-5-4-25-23(27)16-29-14-19(13-28-6-8-31-9-7-28)10-20(15-29)24(30)26-12-18-2-3-21-22(11-18)33-17-32-21/h2-5,11,19-20H,6-10,12-17H2,1H3,(H,26,30)/t19-,20-/m1/s1. The van der Waals surface area contributed by atoms with E-state index in [1.54, 1.807) is 0 Å². The number of morpholine rings is 1. The number of fused-ring (bicyclic) bond motifs is 1. The number of nitrogens with one attached hydrogen (secondary N) is 1. The summed E-state index contributed by atoms with van der Waals surface area (Å²) in [6.45, 7) is 7.76. The van der Waals surface area contributed by atoms with E-state index in [2.05, 4.69) is 24.7 Å². The van der Waals surface area contributed by atoms with E-state index in [-0.39, 0.29) is 18.6 Å². The molecule has 1 aromatic heterocycles. The van der Waals surface area contributed by atoms with Crippen LogP contribution in [0.15, 0.2) is 30.6 Å². The normalized spacial score (nSPS) is 23.5. The Kier molecular flexibility index (Phi) is 6.80. The van der Waals surface area contributed by atoms with Crippen LogP contribution < -0.4 is 14.8 Å². The average molecular weight is 456 g/mol. The highest BCUT2D eigenvalue weighted by Crippen LogP contribution is 2.32. The van der Waals surface area contributed by atoms with Gasteiger partial charge < -0.3 is 24.1 Å². The zero-order valence-corrected chi connectivity index (χ0v) is 19.2. The Morgan fingerprint density at radius 1 is 1.15 bits per heavy atom. The predicted molar refractivity (Wildman–Crippen MR) is 122 cm³/mol. The summed E-state index contributed by atoms with van der Waals surface area (Å²) in [7, 11) is 2.02. The second-order valence-electron chi connectivity index (χ2n) is 9.27. The number of carbonyl (C=O) groups is 1. The number of benzene rings is 1. The highest BCUT2D eigenvalue weighted by molar-refractivity contribution is 5.79. The summed E-state index contributed by atoms with van der Waals surface area (Å²) < 4.78 is 18.4. The van der Waals surface area contributed by atoms with Crippen LogP contribution in [0.25, 0.3) is 0 Å². The van der Waals surface area contributed by atoms with Gasteiger partial charge in [-0.25, -0.2) is 4.98 Å². The fourth-order valence-electron chi connectivity index (χ4n) is 5.04. The molecule has 2 atom stereocenters. The van der Waals surface area contributed by atoms with Gasteiger partial charge in [0.2, 0.25) is 12.7 Å². The number of hydrogen-bond acceptors (Lipinski definition) is 7. The molecule has 0 aliphatic carbocycles. The molecular weight excluding hydrogens is 422 g/mol. The van der Waals surface area contributed by atoms with Gasteiger partial charge in [0, 0.05) is 58.7 Å². The van der Waals surface area contributed by atoms with Gasteiger partial charge in [-0.05, 0) is 30.0 Å². The summed E-state index contributed by atoms with van der Waals surface area (Å²) in [5.41, 5.74) is 1.01. The second-order valence-corrected chi connectivity index (χ2v) is 9.27. The number of hydrogen-bond donors (Lipinski definition) is 1. The van der Waals surface area contributed by atoms with Crippen LogP contribution in [0, 0.1) is 11.8 Å². The summed E-state index contributed by atoms with van der Waals surface area (Å²) >= 11 is 0. The number of ether oxygens (including phenoxy) is 3. The molecule has 0 unspecified atom stereocenters. The lowest BCUT2D eigenvalue weighted by Gasteiger charge is -2.39. The Morgan fingerprint density at radius 3 is 2.82 bits per heavy atom. The number of rotatable bonds is 7. The maximum absolute atomic E-state index is 13.2. The molecule has 0 bridgehead atoms. The van der Waals surface area contributed by atoms with Crippen molar-refractivity contribution in [2.75, 3.05) is 52.7 Å². The summed E-state index contributed by atoms with van der Waals surface area (Å²) in [6, 6.07) is 5.82. The topological polar surface area (TPSA) is 81.1 Å². The monoisotopic (exact) mass is 455 g/mol. The van der Waals surface area contributed by atoms with Crippen LogP contribution in [0.3, 0.4) is 0 Å². The van der Waals surface area contributed by atoms with E-state index in [4.69, 9.17) is 14.2 Å². The van der Waals surface area contributed by atoms with Gasteiger partial charge >= 0.3 is 0 Å². The van der Waals surface area contributed by atoms with Gasteiger partial charge in [-0.1, -0.05) is 6.07 Å². The molecule has 0 spiro atoms. The first-order valence-corrected chi connectivity index (χ1v) is 11.8. The summed E-state index contributed by atoms with van der Waals surface area (Å²) in [4.78, 5) is 22.6. The SMILES string of the molecule is Cn1ccnc1CN1C[C@@H](CN2CCOCC2)C[C@@H](C(=O)NCc2ccc3c(c2)OCO3)C1.